The van der Waals surface area contributed by atoms with Gasteiger partial charge in [-0.2, -0.15) is 5.26 Å². The van der Waals surface area contributed by atoms with E-state index in [2.05, 4.69) is 17.5 Å². The molecule has 0 spiro atoms. The van der Waals surface area contributed by atoms with Crippen molar-refractivity contribution in [3.8, 4) is 6.07 Å². The van der Waals surface area contributed by atoms with Crippen molar-refractivity contribution >= 4 is 11.6 Å². The lowest BCUT2D eigenvalue weighted by Crippen LogP contribution is -2.38. The van der Waals surface area contributed by atoms with E-state index in [4.69, 9.17) is 16.9 Å². The van der Waals surface area contributed by atoms with E-state index in [0.717, 1.165) is 32.5 Å². The Morgan fingerprint density at radius 3 is 2.54 bits per heavy atom. The lowest BCUT2D eigenvalue weighted by atomic mass is 9.82. The minimum atomic E-state index is -0.121. The summed E-state index contributed by atoms with van der Waals surface area (Å²) in [5, 5.41) is 9.59. The summed E-state index contributed by atoms with van der Waals surface area (Å²) in [4.78, 5) is 2.24. The van der Waals surface area contributed by atoms with Gasteiger partial charge in [0.2, 0.25) is 0 Å². The highest BCUT2D eigenvalue weighted by molar-refractivity contribution is 6.29. The third kappa shape index (κ3) is 3.02. The summed E-state index contributed by atoms with van der Waals surface area (Å²) < 4.78 is 0. The van der Waals surface area contributed by atoms with Crippen LogP contribution < -0.4 is 0 Å². The monoisotopic (exact) mass is 198 g/mol. The molecule has 0 aromatic rings. The molecule has 0 aromatic heterocycles. The Hall–Kier alpha value is -0.520. The lowest BCUT2D eigenvalue weighted by Gasteiger charge is -2.34. The SMILES string of the molecule is C=C(Cl)CN1CCC(C)(C#N)CC1. The number of piperidine rings is 1. The molecule has 1 saturated heterocycles. The molecule has 1 rings (SSSR count). The molecule has 72 valence electrons. The summed E-state index contributed by atoms with van der Waals surface area (Å²) in [6.07, 6.45) is 1.88. The van der Waals surface area contributed by atoms with Gasteiger partial charge >= 0.3 is 0 Å². The lowest BCUT2D eigenvalue weighted by molar-refractivity contribution is 0.169. The van der Waals surface area contributed by atoms with E-state index < -0.39 is 0 Å². The number of rotatable bonds is 2. The fourth-order valence-electron chi connectivity index (χ4n) is 1.56. The molecule has 1 fully saturated rings. The van der Waals surface area contributed by atoms with E-state index in [1.165, 1.54) is 0 Å². The van der Waals surface area contributed by atoms with E-state index >= 15 is 0 Å². The van der Waals surface area contributed by atoms with Crippen molar-refractivity contribution in [1.29, 1.82) is 5.26 Å². The van der Waals surface area contributed by atoms with Crippen LogP contribution in [0.5, 0.6) is 0 Å². The molecular formula is C10H15ClN2. The summed E-state index contributed by atoms with van der Waals surface area (Å²) in [6, 6.07) is 2.37. The largest absolute Gasteiger partial charge is 0.298 e. The molecule has 0 saturated carbocycles. The molecule has 2 nitrogen and oxygen atoms in total. The van der Waals surface area contributed by atoms with Crippen molar-refractivity contribution in [3.63, 3.8) is 0 Å². The first-order valence-corrected chi connectivity index (χ1v) is 4.90. The highest BCUT2D eigenvalue weighted by Crippen LogP contribution is 2.29. The van der Waals surface area contributed by atoms with Gasteiger partial charge in [-0.15, -0.1) is 0 Å². The van der Waals surface area contributed by atoms with Gasteiger partial charge in [0.25, 0.3) is 0 Å². The number of halogens is 1. The standard InChI is InChI=1S/C10H15ClN2/c1-9(11)7-13-5-3-10(2,8-12)4-6-13/h1,3-7H2,2H3. The molecule has 13 heavy (non-hydrogen) atoms. The molecular weight excluding hydrogens is 184 g/mol. The maximum absolute atomic E-state index is 8.91. The van der Waals surface area contributed by atoms with Crippen LogP contribution in [-0.2, 0) is 0 Å². The first kappa shape index (κ1) is 10.6. The fraction of sp³-hybridized carbons (Fsp3) is 0.700. The van der Waals surface area contributed by atoms with Gasteiger partial charge in [0.15, 0.2) is 0 Å². The molecule has 0 aliphatic carbocycles. The Kier molecular flexibility index (Phi) is 3.35. The number of nitriles is 1. The molecule has 0 atom stereocenters. The maximum atomic E-state index is 8.91. The van der Waals surface area contributed by atoms with Gasteiger partial charge in [0, 0.05) is 24.7 Å². The van der Waals surface area contributed by atoms with Crippen LogP contribution in [0.4, 0.5) is 0 Å². The average molecular weight is 199 g/mol. The second kappa shape index (κ2) is 4.13. The highest BCUT2D eigenvalue weighted by atomic mass is 35.5. The number of hydrogen-bond acceptors (Lipinski definition) is 2. The summed E-state index contributed by atoms with van der Waals surface area (Å²) in [6.45, 7) is 8.35. The van der Waals surface area contributed by atoms with Crippen molar-refractivity contribution in [2.75, 3.05) is 19.6 Å². The van der Waals surface area contributed by atoms with Crippen LogP contribution in [0.25, 0.3) is 0 Å². The molecule has 1 heterocycles. The normalized spacial score (nSPS) is 22.2. The van der Waals surface area contributed by atoms with Gasteiger partial charge in [-0.05, 0) is 19.8 Å². The second-order valence-corrected chi connectivity index (χ2v) is 4.50. The Bertz CT molecular complexity index is 234. The first-order valence-electron chi connectivity index (χ1n) is 4.53. The zero-order valence-electron chi connectivity index (χ0n) is 8.02. The Balaban J connectivity index is 2.40. The van der Waals surface area contributed by atoms with Crippen molar-refractivity contribution in [2.45, 2.75) is 19.8 Å². The van der Waals surface area contributed by atoms with E-state index in [1.807, 2.05) is 6.92 Å². The minimum absolute atomic E-state index is 0.121. The molecule has 0 radical (unpaired) electrons. The van der Waals surface area contributed by atoms with E-state index in [0.29, 0.717) is 5.03 Å². The van der Waals surface area contributed by atoms with Crippen LogP contribution in [-0.4, -0.2) is 24.5 Å². The third-order valence-corrected chi connectivity index (χ3v) is 2.74. The van der Waals surface area contributed by atoms with Gasteiger partial charge in [0.1, 0.15) is 0 Å². The van der Waals surface area contributed by atoms with Crippen LogP contribution >= 0.6 is 11.6 Å². The summed E-state index contributed by atoms with van der Waals surface area (Å²) in [5.41, 5.74) is -0.121. The number of nitrogens with zero attached hydrogens (tertiary/aromatic N) is 2. The van der Waals surface area contributed by atoms with Crippen molar-refractivity contribution < 1.29 is 0 Å². The van der Waals surface area contributed by atoms with E-state index in [9.17, 15) is 0 Å². The van der Waals surface area contributed by atoms with Crippen LogP contribution in [0.3, 0.4) is 0 Å². The topological polar surface area (TPSA) is 27.0 Å². The molecule has 0 bridgehead atoms. The smallest absolute Gasteiger partial charge is 0.0687 e. The maximum Gasteiger partial charge on any atom is 0.0687 e. The van der Waals surface area contributed by atoms with Crippen molar-refractivity contribution in [3.05, 3.63) is 11.6 Å². The number of likely N-dealkylation sites (tertiary alicyclic amines) is 1. The van der Waals surface area contributed by atoms with Gasteiger partial charge in [0.05, 0.1) is 11.5 Å². The summed E-state index contributed by atoms with van der Waals surface area (Å²) >= 11 is 5.71. The summed E-state index contributed by atoms with van der Waals surface area (Å²) in [7, 11) is 0. The Morgan fingerprint density at radius 2 is 2.15 bits per heavy atom. The second-order valence-electron chi connectivity index (χ2n) is 3.97. The van der Waals surface area contributed by atoms with E-state index in [1.54, 1.807) is 0 Å². The van der Waals surface area contributed by atoms with Gasteiger partial charge in [-0.3, -0.25) is 4.90 Å². The highest BCUT2D eigenvalue weighted by Gasteiger charge is 2.29. The molecule has 3 heteroatoms. The predicted molar refractivity (Wildman–Crippen MR) is 54.4 cm³/mol. The summed E-state index contributed by atoms with van der Waals surface area (Å²) in [5.74, 6) is 0. The van der Waals surface area contributed by atoms with Gasteiger partial charge < -0.3 is 0 Å². The predicted octanol–water partition coefficient (Wildman–Crippen LogP) is 2.36. The zero-order chi connectivity index (χ0) is 9.90. The molecule has 0 N–H and O–H groups in total. The van der Waals surface area contributed by atoms with Crippen LogP contribution in [0.15, 0.2) is 11.6 Å². The Labute approximate surface area is 84.8 Å². The molecule has 0 amide bonds. The molecule has 1 aliphatic rings. The molecule has 0 aromatic carbocycles. The molecule has 0 unspecified atom stereocenters. The van der Waals surface area contributed by atoms with Crippen molar-refractivity contribution in [1.82, 2.24) is 4.90 Å². The van der Waals surface area contributed by atoms with Crippen molar-refractivity contribution in [2.24, 2.45) is 5.41 Å². The minimum Gasteiger partial charge on any atom is -0.298 e. The first-order chi connectivity index (χ1) is 6.06. The van der Waals surface area contributed by atoms with Crippen LogP contribution in [0.2, 0.25) is 0 Å². The Morgan fingerprint density at radius 1 is 1.62 bits per heavy atom. The fourth-order valence-corrected chi connectivity index (χ4v) is 1.73. The van der Waals surface area contributed by atoms with Gasteiger partial charge in [-0.1, -0.05) is 18.2 Å². The average Bonchev–Trinajstić information content (AvgIpc) is 2.09. The zero-order valence-corrected chi connectivity index (χ0v) is 8.77. The van der Waals surface area contributed by atoms with Gasteiger partial charge in [-0.25, -0.2) is 0 Å². The van der Waals surface area contributed by atoms with Crippen LogP contribution in [0.1, 0.15) is 19.8 Å². The molecule has 1 aliphatic heterocycles. The van der Waals surface area contributed by atoms with Crippen LogP contribution in [0, 0.1) is 16.7 Å². The third-order valence-electron chi connectivity index (χ3n) is 2.62. The number of hydrogen-bond donors (Lipinski definition) is 0. The quantitative estimate of drug-likeness (QED) is 0.681. The van der Waals surface area contributed by atoms with E-state index in [-0.39, 0.29) is 5.41 Å².